The number of anilines is 1. The molecular weight excluding hydrogens is 324 g/mol. The number of carboxylic acids is 1. The Morgan fingerprint density at radius 3 is 2.56 bits per heavy atom. The van der Waals surface area contributed by atoms with Crippen LogP contribution in [0.25, 0.3) is 11.0 Å². The summed E-state index contributed by atoms with van der Waals surface area (Å²) < 4.78 is 5.54. The van der Waals surface area contributed by atoms with Crippen molar-refractivity contribution in [1.29, 1.82) is 0 Å². The molecule has 0 bridgehead atoms. The summed E-state index contributed by atoms with van der Waals surface area (Å²) in [6.45, 7) is 5.17. The second-order valence-corrected chi connectivity index (χ2v) is 5.89. The zero-order chi connectivity index (χ0) is 18.6. The van der Waals surface area contributed by atoms with Gasteiger partial charge in [0.05, 0.1) is 18.3 Å². The smallest absolute Gasteiger partial charge is 0.317 e. The number of furan rings is 1. The highest BCUT2D eigenvalue weighted by atomic mass is 16.4. The van der Waals surface area contributed by atoms with Crippen molar-refractivity contribution in [2.24, 2.45) is 0 Å². The van der Waals surface area contributed by atoms with E-state index in [1.54, 1.807) is 36.1 Å². The number of hydrogen-bond acceptors (Lipinski definition) is 5. The molecule has 1 aromatic carbocycles. The summed E-state index contributed by atoms with van der Waals surface area (Å²) in [7, 11) is 0. The van der Waals surface area contributed by atoms with Crippen LogP contribution in [-0.4, -0.2) is 46.8 Å². The van der Waals surface area contributed by atoms with Gasteiger partial charge in [-0.05, 0) is 32.0 Å². The van der Waals surface area contributed by atoms with Crippen molar-refractivity contribution in [3.05, 3.63) is 30.0 Å². The first-order valence-electron chi connectivity index (χ1n) is 8.14. The molecule has 2 rings (SSSR count). The summed E-state index contributed by atoms with van der Waals surface area (Å²) in [6.07, 6.45) is 0.720. The average molecular weight is 346 g/mol. The van der Waals surface area contributed by atoms with Crippen molar-refractivity contribution in [2.45, 2.75) is 33.2 Å². The number of hydrogen-bond donors (Lipinski definition) is 2. The van der Waals surface area contributed by atoms with Gasteiger partial charge in [0.15, 0.2) is 11.5 Å². The zero-order valence-corrected chi connectivity index (χ0v) is 14.5. The van der Waals surface area contributed by atoms with Crippen LogP contribution >= 0.6 is 0 Å². The van der Waals surface area contributed by atoms with Crippen molar-refractivity contribution >= 4 is 34.3 Å². The Morgan fingerprint density at radius 1 is 1.28 bits per heavy atom. The molecule has 2 aromatic rings. The van der Waals surface area contributed by atoms with Crippen LogP contribution in [0.15, 0.2) is 28.7 Å². The molecule has 7 nitrogen and oxygen atoms in total. The number of benzene rings is 1. The van der Waals surface area contributed by atoms with Gasteiger partial charge in [0, 0.05) is 12.3 Å². The van der Waals surface area contributed by atoms with E-state index in [1.807, 2.05) is 6.92 Å². The molecule has 134 valence electrons. The van der Waals surface area contributed by atoms with Gasteiger partial charge in [-0.2, -0.15) is 0 Å². The van der Waals surface area contributed by atoms with Gasteiger partial charge in [-0.25, -0.2) is 0 Å². The van der Waals surface area contributed by atoms with Crippen LogP contribution in [0, 0.1) is 0 Å². The fraction of sp³-hybridized carbons (Fsp3) is 0.389. The van der Waals surface area contributed by atoms with Gasteiger partial charge < -0.3 is 14.8 Å². The molecule has 1 atom stereocenters. The lowest BCUT2D eigenvalue weighted by molar-refractivity contribution is -0.139. The van der Waals surface area contributed by atoms with E-state index in [-0.39, 0.29) is 24.0 Å². The van der Waals surface area contributed by atoms with E-state index in [0.717, 1.165) is 6.42 Å². The number of carbonyl (C=O) groups is 3. The largest absolute Gasteiger partial charge is 0.480 e. The van der Waals surface area contributed by atoms with Crippen LogP contribution in [0.5, 0.6) is 0 Å². The third kappa shape index (κ3) is 4.24. The first kappa shape index (κ1) is 18.7. The van der Waals surface area contributed by atoms with Crippen molar-refractivity contribution < 1.29 is 23.9 Å². The molecule has 0 spiro atoms. The maximum absolute atomic E-state index is 12.6. The Morgan fingerprint density at radius 2 is 1.96 bits per heavy atom. The SMILES string of the molecule is CCCN(CC(=O)O)C(C)C(=O)Nc1c(C(C)=O)oc2ccccc12. The van der Waals surface area contributed by atoms with E-state index in [2.05, 4.69) is 5.32 Å². The predicted octanol–water partition coefficient (Wildman–Crippen LogP) is 2.76. The lowest BCUT2D eigenvalue weighted by Gasteiger charge is -2.26. The van der Waals surface area contributed by atoms with Crippen molar-refractivity contribution in [3.8, 4) is 0 Å². The summed E-state index contributed by atoms with van der Waals surface area (Å²) >= 11 is 0. The quantitative estimate of drug-likeness (QED) is 0.713. The number of fused-ring (bicyclic) bond motifs is 1. The van der Waals surface area contributed by atoms with E-state index in [1.165, 1.54) is 6.92 Å². The molecule has 1 amide bonds. The van der Waals surface area contributed by atoms with Gasteiger partial charge in [-0.1, -0.05) is 19.1 Å². The van der Waals surface area contributed by atoms with Gasteiger partial charge >= 0.3 is 5.97 Å². The minimum Gasteiger partial charge on any atom is -0.480 e. The standard InChI is InChI=1S/C18H22N2O5/c1-4-9-20(10-15(22)23)11(2)18(24)19-16-13-7-5-6-8-14(13)25-17(16)12(3)21/h5-8,11H,4,9-10H2,1-3H3,(H,19,24)(H,22,23). The fourth-order valence-corrected chi connectivity index (χ4v) is 2.68. The monoisotopic (exact) mass is 346 g/mol. The first-order valence-corrected chi connectivity index (χ1v) is 8.14. The molecule has 0 aliphatic heterocycles. The Labute approximate surface area is 145 Å². The van der Waals surface area contributed by atoms with Crippen molar-refractivity contribution in [3.63, 3.8) is 0 Å². The topological polar surface area (TPSA) is 99.9 Å². The van der Waals surface area contributed by atoms with Gasteiger partial charge in [0.1, 0.15) is 5.58 Å². The highest BCUT2D eigenvalue weighted by Crippen LogP contribution is 2.31. The van der Waals surface area contributed by atoms with E-state index in [9.17, 15) is 14.4 Å². The van der Waals surface area contributed by atoms with Gasteiger partial charge in [-0.15, -0.1) is 0 Å². The summed E-state index contributed by atoms with van der Waals surface area (Å²) in [5.74, 6) is -1.59. The van der Waals surface area contributed by atoms with E-state index in [0.29, 0.717) is 23.2 Å². The molecule has 0 radical (unpaired) electrons. The molecule has 0 aliphatic carbocycles. The summed E-state index contributed by atoms with van der Waals surface area (Å²) in [5, 5.41) is 12.4. The van der Waals surface area contributed by atoms with Crippen LogP contribution in [0.1, 0.15) is 37.7 Å². The highest BCUT2D eigenvalue weighted by molar-refractivity contribution is 6.11. The molecule has 0 saturated heterocycles. The number of para-hydroxylation sites is 1. The molecule has 1 aromatic heterocycles. The molecule has 1 unspecified atom stereocenters. The Balaban J connectivity index is 2.30. The van der Waals surface area contributed by atoms with E-state index >= 15 is 0 Å². The van der Waals surface area contributed by atoms with Crippen molar-refractivity contribution in [2.75, 3.05) is 18.4 Å². The van der Waals surface area contributed by atoms with Crippen LogP contribution in [0.2, 0.25) is 0 Å². The number of Topliss-reactive ketones (excluding diaryl/α,β-unsaturated/α-hetero) is 1. The van der Waals surface area contributed by atoms with Gasteiger partial charge in [-0.3, -0.25) is 19.3 Å². The minimum atomic E-state index is -0.994. The molecule has 2 N–H and O–H groups in total. The molecule has 0 saturated carbocycles. The lowest BCUT2D eigenvalue weighted by Crippen LogP contribution is -2.45. The molecule has 0 aliphatic rings. The van der Waals surface area contributed by atoms with Crippen LogP contribution in [0.3, 0.4) is 0 Å². The highest BCUT2D eigenvalue weighted by Gasteiger charge is 2.26. The van der Waals surface area contributed by atoms with Crippen LogP contribution < -0.4 is 5.32 Å². The third-order valence-corrected chi connectivity index (χ3v) is 3.94. The molecule has 25 heavy (non-hydrogen) atoms. The second-order valence-electron chi connectivity index (χ2n) is 5.89. The van der Waals surface area contributed by atoms with E-state index < -0.39 is 12.0 Å². The minimum absolute atomic E-state index is 0.0852. The number of aliphatic carboxylic acids is 1. The molecule has 0 fully saturated rings. The maximum Gasteiger partial charge on any atom is 0.317 e. The second kappa shape index (κ2) is 7.94. The number of nitrogens with one attached hydrogen (secondary N) is 1. The molecular formula is C18H22N2O5. The third-order valence-electron chi connectivity index (χ3n) is 3.94. The zero-order valence-electron chi connectivity index (χ0n) is 14.5. The predicted molar refractivity (Wildman–Crippen MR) is 93.8 cm³/mol. The Hall–Kier alpha value is -2.67. The maximum atomic E-state index is 12.6. The summed E-state index contributed by atoms with van der Waals surface area (Å²) in [6, 6.07) is 6.37. The summed E-state index contributed by atoms with van der Waals surface area (Å²) in [5.41, 5.74) is 0.832. The van der Waals surface area contributed by atoms with E-state index in [4.69, 9.17) is 9.52 Å². The number of ketones is 1. The Kier molecular flexibility index (Phi) is 5.93. The normalized spacial score (nSPS) is 12.3. The number of nitrogens with zero attached hydrogens (tertiary/aromatic N) is 1. The van der Waals surface area contributed by atoms with Crippen LogP contribution in [-0.2, 0) is 9.59 Å². The lowest BCUT2D eigenvalue weighted by atomic mass is 10.1. The number of carbonyl (C=O) groups excluding carboxylic acids is 2. The van der Waals surface area contributed by atoms with Gasteiger partial charge in [0.25, 0.3) is 0 Å². The van der Waals surface area contributed by atoms with Crippen LogP contribution in [0.4, 0.5) is 5.69 Å². The summed E-state index contributed by atoms with van der Waals surface area (Å²) in [4.78, 5) is 37.1. The number of carboxylic acid groups (broad SMARTS) is 1. The fourth-order valence-electron chi connectivity index (χ4n) is 2.68. The number of amides is 1. The van der Waals surface area contributed by atoms with Crippen molar-refractivity contribution in [1.82, 2.24) is 4.90 Å². The molecule has 1 heterocycles. The number of rotatable bonds is 8. The van der Waals surface area contributed by atoms with Gasteiger partial charge in [0.2, 0.25) is 5.91 Å². The first-order chi connectivity index (χ1) is 11.8. The Bertz CT molecular complexity index is 796. The average Bonchev–Trinajstić information content (AvgIpc) is 2.92. The molecule has 7 heteroatoms.